The normalized spacial score (nSPS) is 30.1. The van der Waals surface area contributed by atoms with E-state index in [0.29, 0.717) is 19.4 Å². The van der Waals surface area contributed by atoms with E-state index >= 15 is 0 Å². The van der Waals surface area contributed by atoms with E-state index < -0.39 is 59.7 Å². The summed E-state index contributed by atoms with van der Waals surface area (Å²) in [5.74, 6) is -6.95. The van der Waals surface area contributed by atoms with Crippen LogP contribution in [-0.4, -0.2) is 58.3 Å². The molecule has 1 saturated carbocycles. The molecule has 1 aromatic carbocycles. The molecule has 1 aromatic rings. The van der Waals surface area contributed by atoms with Crippen LogP contribution in [0.4, 0.5) is 8.78 Å². The number of hydrogen-bond acceptors (Lipinski definition) is 5. The fraction of sp³-hybridized carbons (Fsp3) is 0.583. The van der Waals surface area contributed by atoms with Gasteiger partial charge in [0.25, 0.3) is 11.8 Å². The Bertz CT molecular complexity index is 1010. The molecule has 4 fully saturated rings. The van der Waals surface area contributed by atoms with Crippen LogP contribution in [0.1, 0.15) is 44.6 Å². The van der Waals surface area contributed by atoms with Gasteiger partial charge in [0.15, 0.2) is 5.60 Å². The van der Waals surface area contributed by atoms with Gasteiger partial charge in [0.2, 0.25) is 11.8 Å². The topological polar surface area (TPSA) is 123 Å². The molecule has 0 aromatic heterocycles. The van der Waals surface area contributed by atoms with E-state index in [4.69, 9.17) is 0 Å². The fourth-order valence-corrected chi connectivity index (χ4v) is 5.49. The van der Waals surface area contributed by atoms with Crippen LogP contribution in [0.3, 0.4) is 0 Å². The van der Waals surface area contributed by atoms with Crippen molar-refractivity contribution in [2.45, 2.75) is 68.7 Å². The highest BCUT2D eigenvalue weighted by Gasteiger charge is 2.62. The van der Waals surface area contributed by atoms with Gasteiger partial charge in [0.1, 0.15) is 12.1 Å². The summed E-state index contributed by atoms with van der Waals surface area (Å²) < 4.78 is 29.7. The second-order valence-electron chi connectivity index (χ2n) is 9.60. The molecule has 3 heterocycles. The van der Waals surface area contributed by atoms with Crippen LogP contribution in [-0.2, 0) is 20.0 Å². The average molecular weight is 475 g/mol. The molecule has 1 aliphatic carbocycles. The van der Waals surface area contributed by atoms with Crippen molar-refractivity contribution in [2.75, 3.05) is 6.54 Å². The monoisotopic (exact) mass is 474 g/mol. The van der Waals surface area contributed by atoms with E-state index in [-0.39, 0.29) is 24.3 Å². The van der Waals surface area contributed by atoms with E-state index in [0.717, 1.165) is 4.90 Å². The molecule has 4 aliphatic rings. The summed E-state index contributed by atoms with van der Waals surface area (Å²) in [5, 5.41) is 25.8. The first-order valence-corrected chi connectivity index (χ1v) is 11.5. The number of piperidine rings is 2. The molecule has 5 rings (SSSR count). The maximum Gasteiger partial charge on any atom is 0.259 e. The van der Waals surface area contributed by atoms with Crippen LogP contribution >= 0.6 is 0 Å². The number of nitrogens with one attached hydrogen (secondary N) is 2. The summed E-state index contributed by atoms with van der Waals surface area (Å²) >= 11 is 0. The van der Waals surface area contributed by atoms with Gasteiger partial charge in [-0.1, -0.05) is 30.3 Å². The highest BCUT2D eigenvalue weighted by Crippen LogP contribution is 2.50. The third kappa shape index (κ3) is 4.25. The van der Waals surface area contributed by atoms with Crippen LogP contribution in [0, 0.1) is 23.2 Å². The summed E-state index contributed by atoms with van der Waals surface area (Å²) in [4.78, 5) is 39.8. The molecular formula is C24H28F2N4O4. The number of nitrogens with zero attached hydrogens (tertiary/aromatic N) is 2. The molecule has 34 heavy (non-hydrogen) atoms. The third-order valence-electron chi connectivity index (χ3n) is 7.35. The number of aliphatic hydroxyl groups is 1. The molecular weight excluding hydrogens is 446 g/mol. The van der Waals surface area contributed by atoms with Gasteiger partial charge in [-0.15, -0.1) is 0 Å². The molecule has 8 nitrogen and oxygen atoms in total. The summed E-state index contributed by atoms with van der Waals surface area (Å²) in [6.45, 7) is 1.77. The second-order valence-corrected chi connectivity index (χ2v) is 9.60. The number of carbonyl (C=O) groups is 3. The first-order chi connectivity index (χ1) is 16.1. The van der Waals surface area contributed by atoms with Crippen molar-refractivity contribution < 1.29 is 28.3 Å². The molecule has 0 radical (unpaired) electrons. The van der Waals surface area contributed by atoms with Gasteiger partial charge in [-0.3, -0.25) is 14.4 Å². The average Bonchev–Trinajstić information content (AvgIpc) is 3.21. The summed E-state index contributed by atoms with van der Waals surface area (Å²) in [6.07, 6.45) is 0.340. The highest BCUT2D eigenvalue weighted by molar-refractivity contribution is 5.93. The zero-order valence-electron chi connectivity index (χ0n) is 18.8. The van der Waals surface area contributed by atoms with E-state index in [1.165, 1.54) is 6.92 Å². The minimum absolute atomic E-state index is 0.0509. The molecule has 3 aliphatic heterocycles. The van der Waals surface area contributed by atoms with Crippen molar-refractivity contribution in [3.05, 3.63) is 35.9 Å². The van der Waals surface area contributed by atoms with Crippen molar-refractivity contribution in [3.63, 3.8) is 0 Å². The van der Waals surface area contributed by atoms with Gasteiger partial charge in [0.05, 0.1) is 12.0 Å². The van der Waals surface area contributed by atoms with Gasteiger partial charge in [-0.2, -0.15) is 5.26 Å². The zero-order chi connectivity index (χ0) is 24.7. The highest BCUT2D eigenvalue weighted by atomic mass is 19.3. The van der Waals surface area contributed by atoms with Gasteiger partial charge < -0.3 is 20.6 Å². The van der Waals surface area contributed by atoms with Gasteiger partial charge in [0, 0.05) is 24.9 Å². The predicted molar refractivity (Wildman–Crippen MR) is 116 cm³/mol. The van der Waals surface area contributed by atoms with Crippen LogP contribution in [0.15, 0.2) is 30.3 Å². The predicted octanol–water partition coefficient (Wildman–Crippen LogP) is 1.44. The minimum atomic E-state index is -3.16. The number of halogens is 2. The van der Waals surface area contributed by atoms with Gasteiger partial charge in [-0.05, 0) is 38.2 Å². The number of carbonyl (C=O) groups excluding carboxylic acids is 3. The Kier molecular flexibility index (Phi) is 6.34. The lowest BCUT2D eigenvalue weighted by Gasteiger charge is -2.54. The van der Waals surface area contributed by atoms with Gasteiger partial charge in [-0.25, -0.2) is 8.78 Å². The zero-order valence-corrected chi connectivity index (χ0v) is 18.8. The lowest BCUT2D eigenvalue weighted by Crippen LogP contribution is -2.70. The SMILES string of the molecule is C[C@@](O)(C(=O)N1[C@H]2CC[C@@H]([C@@H]1C(=O)N[C@H](C#N)C[C@@H]1CCNC1=O)C(F)(F)C2)c1ccccc1. The molecule has 6 atom stereocenters. The number of nitriles is 1. The van der Waals surface area contributed by atoms with Crippen LogP contribution in [0.2, 0.25) is 0 Å². The molecule has 2 bridgehead atoms. The molecule has 0 spiro atoms. The number of hydrogen-bond donors (Lipinski definition) is 3. The van der Waals surface area contributed by atoms with Crippen molar-refractivity contribution in [1.82, 2.24) is 15.5 Å². The molecule has 3 amide bonds. The van der Waals surface area contributed by atoms with E-state index in [1.54, 1.807) is 30.3 Å². The summed E-state index contributed by atoms with van der Waals surface area (Å²) in [5.41, 5.74) is -1.74. The third-order valence-corrected chi connectivity index (χ3v) is 7.35. The molecule has 3 N–H and O–H groups in total. The van der Waals surface area contributed by atoms with E-state index in [1.807, 2.05) is 6.07 Å². The van der Waals surface area contributed by atoms with E-state index in [9.17, 15) is 33.5 Å². The Morgan fingerprint density at radius 3 is 2.62 bits per heavy atom. The van der Waals surface area contributed by atoms with Crippen molar-refractivity contribution in [2.24, 2.45) is 11.8 Å². The Hall–Kier alpha value is -3.06. The second kappa shape index (κ2) is 8.95. The van der Waals surface area contributed by atoms with Crippen LogP contribution in [0.5, 0.6) is 0 Å². The van der Waals surface area contributed by atoms with Crippen molar-refractivity contribution in [3.8, 4) is 6.07 Å². The quantitative estimate of drug-likeness (QED) is 0.576. The number of rotatable bonds is 6. The van der Waals surface area contributed by atoms with Crippen LogP contribution in [0.25, 0.3) is 0 Å². The van der Waals surface area contributed by atoms with Crippen LogP contribution < -0.4 is 10.6 Å². The summed E-state index contributed by atoms with van der Waals surface area (Å²) in [7, 11) is 0. The number of amides is 3. The van der Waals surface area contributed by atoms with Crippen molar-refractivity contribution >= 4 is 17.7 Å². The van der Waals surface area contributed by atoms with Gasteiger partial charge >= 0.3 is 0 Å². The Balaban J connectivity index is 1.60. The number of fused-ring (bicyclic) bond motifs is 3. The molecule has 10 heteroatoms. The first-order valence-electron chi connectivity index (χ1n) is 11.5. The fourth-order valence-electron chi connectivity index (χ4n) is 5.49. The molecule has 0 unspecified atom stereocenters. The maximum absolute atomic E-state index is 14.9. The van der Waals surface area contributed by atoms with Crippen molar-refractivity contribution in [1.29, 1.82) is 5.26 Å². The maximum atomic E-state index is 14.9. The minimum Gasteiger partial charge on any atom is -0.376 e. The standard InChI is InChI=1S/C24H28F2N4O4/c1-23(34,15-5-3-2-4-6-15)22(33)30-17-7-8-18(24(25,26)12-17)19(30)21(32)29-16(13-27)11-14-9-10-28-20(14)31/h2-6,14,16-19,34H,7-12H2,1H3,(H,28,31)(H,29,32)/t14-,16-,17-,18-,19+,23-/m0/s1. The lowest BCUT2D eigenvalue weighted by atomic mass is 9.70. The van der Waals surface area contributed by atoms with E-state index in [2.05, 4.69) is 10.6 Å². The molecule has 3 saturated heterocycles. The number of benzene rings is 1. The number of alkyl halides is 2. The first kappa shape index (κ1) is 24.1. The summed E-state index contributed by atoms with van der Waals surface area (Å²) in [6, 6.07) is 6.55. The Labute approximate surface area is 196 Å². The smallest absolute Gasteiger partial charge is 0.259 e. The largest absolute Gasteiger partial charge is 0.376 e. The molecule has 182 valence electrons. The Morgan fingerprint density at radius 2 is 2.03 bits per heavy atom. The Morgan fingerprint density at radius 1 is 1.32 bits per heavy atom. The lowest BCUT2D eigenvalue weighted by molar-refractivity contribution is -0.203.